The highest BCUT2D eigenvalue weighted by atomic mass is 16.5. The van der Waals surface area contributed by atoms with Crippen LogP contribution in [-0.2, 0) is 0 Å². The molecule has 22 heavy (non-hydrogen) atoms. The summed E-state index contributed by atoms with van der Waals surface area (Å²) in [5.74, 6) is 1.25. The molecular weight excluding hydrogens is 282 g/mol. The molecule has 0 bridgehead atoms. The van der Waals surface area contributed by atoms with Crippen LogP contribution >= 0.6 is 0 Å². The Morgan fingerprint density at radius 1 is 1.23 bits per heavy atom. The summed E-state index contributed by atoms with van der Waals surface area (Å²) in [6, 6.07) is 8.34. The minimum absolute atomic E-state index is 0.0226. The first kappa shape index (κ1) is 15.6. The van der Waals surface area contributed by atoms with E-state index >= 15 is 0 Å². The number of hydrogen-bond acceptors (Lipinski definition) is 5. The molecular formula is C16H19N3O3. The van der Waals surface area contributed by atoms with Gasteiger partial charge in [0, 0.05) is 5.56 Å². The summed E-state index contributed by atoms with van der Waals surface area (Å²) in [5.41, 5.74) is 6.54. The zero-order chi connectivity index (χ0) is 16.1. The zero-order valence-electron chi connectivity index (χ0n) is 12.8. The number of benzene rings is 1. The second kappa shape index (κ2) is 6.80. The monoisotopic (exact) mass is 301 g/mol. The Morgan fingerprint density at radius 3 is 2.59 bits per heavy atom. The Hall–Kier alpha value is -2.76. The third-order valence-corrected chi connectivity index (χ3v) is 2.83. The Morgan fingerprint density at radius 2 is 2.00 bits per heavy atom. The molecule has 1 aromatic carbocycles. The molecule has 0 saturated carbocycles. The summed E-state index contributed by atoms with van der Waals surface area (Å²) in [5, 5.41) is 2.74. The first-order valence-electron chi connectivity index (χ1n) is 6.87. The number of nitrogens with zero attached hydrogens (tertiary/aromatic N) is 1. The fourth-order valence-corrected chi connectivity index (χ4v) is 1.84. The number of carbonyl (C=O) groups excluding carboxylic acids is 1. The van der Waals surface area contributed by atoms with E-state index in [4.69, 9.17) is 15.2 Å². The highest BCUT2D eigenvalue weighted by molar-refractivity contribution is 6.04. The molecule has 3 N–H and O–H groups in total. The van der Waals surface area contributed by atoms with Gasteiger partial charge in [-0.3, -0.25) is 4.79 Å². The van der Waals surface area contributed by atoms with Gasteiger partial charge in [0.15, 0.2) is 11.5 Å². The smallest absolute Gasteiger partial charge is 0.255 e. The van der Waals surface area contributed by atoms with Crippen LogP contribution in [0.2, 0.25) is 0 Å². The summed E-state index contributed by atoms with van der Waals surface area (Å²) in [4.78, 5) is 16.2. The van der Waals surface area contributed by atoms with Crippen LogP contribution in [0.5, 0.6) is 11.5 Å². The van der Waals surface area contributed by atoms with Crippen molar-refractivity contribution in [1.29, 1.82) is 0 Å². The zero-order valence-corrected chi connectivity index (χ0v) is 12.8. The summed E-state index contributed by atoms with van der Waals surface area (Å²) in [7, 11) is 1.54. The van der Waals surface area contributed by atoms with Gasteiger partial charge in [0.2, 0.25) is 0 Å². The first-order chi connectivity index (χ1) is 10.5. The number of ether oxygens (including phenoxy) is 2. The van der Waals surface area contributed by atoms with Crippen molar-refractivity contribution >= 4 is 17.4 Å². The van der Waals surface area contributed by atoms with Gasteiger partial charge >= 0.3 is 0 Å². The number of anilines is 2. The molecule has 2 rings (SSSR count). The van der Waals surface area contributed by atoms with E-state index in [9.17, 15) is 4.79 Å². The number of nitrogen functional groups attached to an aromatic ring is 1. The van der Waals surface area contributed by atoms with E-state index in [1.54, 1.807) is 30.3 Å². The SMILES string of the molecule is COc1cc(C(=O)Nc2ccc(N)nc2)ccc1OC(C)C. The summed E-state index contributed by atoms with van der Waals surface area (Å²) in [6.07, 6.45) is 1.52. The number of amides is 1. The van der Waals surface area contributed by atoms with Crippen LogP contribution in [0.3, 0.4) is 0 Å². The molecule has 2 aromatic rings. The van der Waals surface area contributed by atoms with Gasteiger partial charge in [-0.25, -0.2) is 4.98 Å². The minimum atomic E-state index is -0.263. The predicted molar refractivity (Wildman–Crippen MR) is 85.4 cm³/mol. The molecule has 0 fully saturated rings. The van der Waals surface area contributed by atoms with Gasteiger partial charge in [-0.15, -0.1) is 0 Å². The van der Waals surface area contributed by atoms with Crippen LogP contribution in [-0.4, -0.2) is 24.1 Å². The van der Waals surface area contributed by atoms with Crippen molar-refractivity contribution in [1.82, 2.24) is 4.98 Å². The van der Waals surface area contributed by atoms with Crippen LogP contribution < -0.4 is 20.5 Å². The van der Waals surface area contributed by atoms with Crippen LogP contribution in [0.4, 0.5) is 11.5 Å². The van der Waals surface area contributed by atoms with E-state index in [1.807, 2.05) is 13.8 Å². The van der Waals surface area contributed by atoms with Crippen LogP contribution in [0, 0.1) is 0 Å². The lowest BCUT2D eigenvalue weighted by Crippen LogP contribution is -2.13. The third kappa shape index (κ3) is 3.88. The molecule has 0 radical (unpaired) electrons. The van der Waals surface area contributed by atoms with E-state index in [2.05, 4.69) is 10.3 Å². The molecule has 0 aliphatic heterocycles. The maximum atomic E-state index is 12.2. The summed E-state index contributed by atoms with van der Waals surface area (Å²) >= 11 is 0. The maximum Gasteiger partial charge on any atom is 0.255 e. The molecule has 0 aliphatic rings. The molecule has 1 aromatic heterocycles. The number of pyridine rings is 1. The number of nitrogens with two attached hydrogens (primary N) is 1. The van der Waals surface area contributed by atoms with Gasteiger partial charge < -0.3 is 20.5 Å². The number of nitrogens with one attached hydrogen (secondary N) is 1. The quantitative estimate of drug-likeness (QED) is 0.886. The number of rotatable bonds is 5. The number of aromatic nitrogens is 1. The summed E-state index contributed by atoms with van der Waals surface area (Å²) in [6.45, 7) is 3.85. The molecule has 0 saturated heterocycles. The molecule has 6 nitrogen and oxygen atoms in total. The summed E-state index contributed by atoms with van der Waals surface area (Å²) < 4.78 is 10.9. The lowest BCUT2D eigenvalue weighted by atomic mass is 10.2. The molecule has 6 heteroatoms. The largest absolute Gasteiger partial charge is 0.493 e. The van der Waals surface area contributed by atoms with Crippen LogP contribution in [0.15, 0.2) is 36.5 Å². The van der Waals surface area contributed by atoms with Gasteiger partial charge in [0.05, 0.1) is 25.1 Å². The Labute approximate surface area is 129 Å². The molecule has 0 unspecified atom stereocenters. The minimum Gasteiger partial charge on any atom is -0.493 e. The van der Waals surface area contributed by atoms with Crippen molar-refractivity contribution in [3.05, 3.63) is 42.1 Å². The standard InChI is InChI=1S/C16H19N3O3/c1-10(2)22-13-6-4-11(8-14(13)21-3)16(20)19-12-5-7-15(17)18-9-12/h4-10H,1-3H3,(H2,17,18)(H,19,20). The molecule has 1 amide bonds. The van der Waals surface area contributed by atoms with E-state index in [1.165, 1.54) is 13.3 Å². The Balaban J connectivity index is 2.17. The van der Waals surface area contributed by atoms with Gasteiger partial charge in [0.25, 0.3) is 5.91 Å². The van der Waals surface area contributed by atoms with E-state index < -0.39 is 0 Å². The van der Waals surface area contributed by atoms with Gasteiger partial charge in [0.1, 0.15) is 5.82 Å². The van der Waals surface area contributed by atoms with Crippen molar-refractivity contribution in [2.45, 2.75) is 20.0 Å². The second-order valence-electron chi connectivity index (χ2n) is 4.96. The van der Waals surface area contributed by atoms with E-state index in [-0.39, 0.29) is 12.0 Å². The number of methoxy groups -OCH3 is 1. The van der Waals surface area contributed by atoms with Gasteiger partial charge in [-0.05, 0) is 44.2 Å². The third-order valence-electron chi connectivity index (χ3n) is 2.83. The number of carbonyl (C=O) groups is 1. The second-order valence-corrected chi connectivity index (χ2v) is 4.96. The van der Waals surface area contributed by atoms with Crippen LogP contribution in [0.25, 0.3) is 0 Å². The van der Waals surface area contributed by atoms with Crippen molar-refractivity contribution in [3.8, 4) is 11.5 Å². The van der Waals surface area contributed by atoms with Crippen LogP contribution in [0.1, 0.15) is 24.2 Å². The van der Waals surface area contributed by atoms with Crippen molar-refractivity contribution in [3.63, 3.8) is 0 Å². The predicted octanol–water partition coefficient (Wildman–Crippen LogP) is 2.71. The molecule has 116 valence electrons. The Bertz CT molecular complexity index is 654. The van der Waals surface area contributed by atoms with Crippen molar-refractivity contribution in [2.75, 3.05) is 18.2 Å². The van der Waals surface area contributed by atoms with E-state index in [0.717, 1.165) is 0 Å². The van der Waals surface area contributed by atoms with Gasteiger partial charge in [-0.1, -0.05) is 0 Å². The average Bonchev–Trinajstić information content (AvgIpc) is 2.49. The van der Waals surface area contributed by atoms with Crippen molar-refractivity contribution in [2.24, 2.45) is 0 Å². The topological polar surface area (TPSA) is 86.5 Å². The molecule has 0 atom stereocenters. The fraction of sp³-hybridized carbons (Fsp3) is 0.250. The normalized spacial score (nSPS) is 10.4. The average molecular weight is 301 g/mol. The maximum absolute atomic E-state index is 12.2. The highest BCUT2D eigenvalue weighted by Crippen LogP contribution is 2.29. The molecule has 0 spiro atoms. The fourth-order valence-electron chi connectivity index (χ4n) is 1.84. The lowest BCUT2D eigenvalue weighted by molar-refractivity contribution is 0.102. The molecule has 1 heterocycles. The lowest BCUT2D eigenvalue weighted by Gasteiger charge is -2.14. The number of hydrogen-bond donors (Lipinski definition) is 2. The Kier molecular flexibility index (Phi) is 4.83. The van der Waals surface area contributed by atoms with Gasteiger partial charge in [-0.2, -0.15) is 0 Å². The first-order valence-corrected chi connectivity index (χ1v) is 6.87. The molecule has 0 aliphatic carbocycles. The van der Waals surface area contributed by atoms with E-state index in [0.29, 0.717) is 28.6 Å². The van der Waals surface area contributed by atoms with Crippen molar-refractivity contribution < 1.29 is 14.3 Å². The highest BCUT2D eigenvalue weighted by Gasteiger charge is 2.12.